The predicted molar refractivity (Wildman–Crippen MR) is 129 cm³/mol. The molecule has 0 amide bonds. The monoisotopic (exact) mass is 431 g/mol. The molecule has 0 radical (unpaired) electrons. The van der Waals surface area contributed by atoms with Crippen molar-refractivity contribution in [3.05, 3.63) is 70.7 Å². The molecule has 166 valence electrons. The molecule has 1 aliphatic rings. The summed E-state index contributed by atoms with van der Waals surface area (Å²) >= 11 is 0. The molecule has 2 aromatic heterocycles. The lowest BCUT2D eigenvalue weighted by Crippen LogP contribution is -2.46. The number of H-pyrrole nitrogens is 1. The largest absolute Gasteiger partial charge is 0.497 e. The van der Waals surface area contributed by atoms with E-state index in [2.05, 4.69) is 33.1 Å². The van der Waals surface area contributed by atoms with E-state index >= 15 is 0 Å². The SMILES string of the molecule is COc1ccc2[nH]cc(CCCCN3CCN(c4cc(=O)oc5ccccc45)CC3)c2c1. The van der Waals surface area contributed by atoms with Gasteiger partial charge in [0.2, 0.25) is 0 Å². The number of ether oxygens (including phenoxy) is 1. The second kappa shape index (κ2) is 9.09. The molecule has 0 unspecified atom stereocenters. The molecule has 0 atom stereocenters. The standard InChI is InChI=1S/C26H29N3O3/c1-31-20-9-10-23-22(16-20)19(18-27-23)6-4-5-11-28-12-14-29(15-13-28)24-17-26(30)32-25-8-3-2-7-21(24)25/h2-3,7-10,16-18,27H,4-6,11-15H2,1H3. The molecular formula is C26H29N3O3. The third-order valence-electron chi connectivity index (χ3n) is 6.49. The smallest absolute Gasteiger partial charge is 0.338 e. The number of aromatic amines is 1. The molecule has 4 aromatic rings. The summed E-state index contributed by atoms with van der Waals surface area (Å²) in [4.78, 5) is 20.2. The summed E-state index contributed by atoms with van der Waals surface area (Å²) < 4.78 is 10.7. The fourth-order valence-corrected chi connectivity index (χ4v) is 4.71. The minimum atomic E-state index is -0.281. The van der Waals surface area contributed by atoms with Crippen LogP contribution in [0.25, 0.3) is 21.9 Å². The molecule has 1 N–H and O–H groups in total. The molecule has 6 nitrogen and oxygen atoms in total. The van der Waals surface area contributed by atoms with Crippen molar-refractivity contribution in [2.24, 2.45) is 0 Å². The number of nitrogens with zero attached hydrogens (tertiary/aromatic N) is 2. The second-order valence-electron chi connectivity index (χ2n) is 8.46. The van der Waals surface area contributed by atoms with Gasteiger partial charge in [-0.05, 0) is 61.7 Å². The maximum absolute atomic E-state index is 12.0. The van der Waals surface area contributed by atoms with Gasteiger partial charge in [-0.1, -0.05) is 12.1 Å². The molecule has 0 aliphatic carbocycles. The predicted octanol–water partition coefficient (Wildman–Crippen LogP) is 4.43. The van der Waals surface area contributed by atoms with Crippen molar-refractivity contribution in [2.75, 3.05) is 44.7 Å². The Morgan fingerprint density at radius 2 is 1.84 bits per heavy atom. The zero-order chi connectivity index (χ0) is 21.9. The quantitative estimate of drug-likeness (QED) is 0.347. The summed E-state index contributed by atoms with van der Waals surface area (Å²) in [6.45, 7) is 4.99. The number of hydrogen-bond donors (Lipinski definition) is 1. The summed E-state index contributed by atoms with van der Waals surface area (Å²) in [7, 11) is 1.71. The van der Waals surface area contributed by atoms with E-state index in [1.807, 2.05) is 30.3 Å². The Morgan fingerprint density at radius 3 is 2.69 bits per heavy atom. The Bertz CT molecular complexity index is 1270. The van der Waals surface area contributed by atoms with E-state index in [4.69, 9.17) is 9.15 Å². The lowest BCUT2D eigenvalue weighted by atomic mass is 10.1. The first-order valence-corrected chi connectivity index (χ1v) is 11.4. The van der Waals surface area contributed by atoms with Gasteiger partial charge in [-0.25, -0.2) is 4.79 Å². The number of methoxy groups -OCH3 is 1. The Labute approximate surface area is 187 Å². The maximum atomic E-state index is 12.0. The number of para-hydroxylation sites is 1. The molecule has 1 saturated heterocycles. The highest BCUT2D eigenvalue weighted by Crippen LogP contribution is 2.27. The number of unbranched alkanes of at least 4 members (excludes halogenated alkanes) is 1. The zero-order valence-electron chi connectivity index (χ0n) is 18.5. The number of anilines is 1. The average molecular weight is 432 g/mol. The van der Waals surface area contributed by atoms with Crippen LogP contribution < -0.4 is 15.3 Å². The molecule has 3 heterocycles. The van der Waals surface area contributed by atoms with Gasteiger partial charge < -0.3 is 19.0 Å². The minimum Gasteiger partial charge on any atom is -0.497 e. The van der Waals surface area contributed by atoms with Crippen LogP contribution in [0.5, 0.6) is 5.75 Å². The zero-order valence-corrected chi connectivity index (χ0v) is 18.5. The molecule has 0 saturated carbocycles. The van der Waals surface area contributed by atoms with Crippen molar-refractivity contribution in [3.8, 4) is 5.75 Å². The lowest BCUT2D eigenvalue weighted by molar-refractivity contribution is 0.253. The van der Waals surface area contributed by atoms with Crippen LogP contribution in [0.3, 0.4) is 0 Å². The summed E-state index contributed by atoms with van der Waals surface area (Å²) in [5, 5.41) is 2.27. The molecule has 5 rings (SSSR count). The van der Waals surface area contributed by atoms with Crippen molar-refractivity contribution in [1.82, 2.24) is 9.88 Å². The number of benzene rings is 2. The van der Waals surface area contributed by atoms with E-state index in [-0.39, 0.29) is 5.63 Å². The van der Waals surface area contributed by atoms with Gasteiger partial charge in [0.15, 0.2) is 0 Å². The Kier molecular flexibility index (Phi) is 5.86. The van der Waals surface area contributed by atoms with Crippen LogP contribution in [0.15, 0.2) is 63.9 Å². The summed E-state index contributed by atoms with van der Waals surface area (Å²) in [6.07, 6.45) is 5.53. The summed E-state index contributed by atoms with van der Waals surface area (Å²) in [6, 6.07) is 15.6. The third-order valence-corrected chi connectivity index (χ3v) is 6.49. The van der Waals surface area contributed by atoms with Gasteiger partial charge in [-0.15, -0.1) is 0 Å². The van der Waals surface area contributed by atoms with Gasteiger partial charge in [-0.3, -0.25) is 4.90 Å². The van der Waals surface area contributed by atoms with Gasteiger partial charge in [0.05, 0.1) is 12.8 Å². The second-order valence-corrected chi connectivity index (χ2v) is 8.46. The molecular weight excluding hydrogens is 402 g/mol. The highest BCUT2D eigenvalue weighted by Gasteiger charge is 2.19. The molecule has 1 fully saturated rings. The van der Waals surface area contributed by atoms with E-state index in [0.717, 1.165) is 62.4 Å². The van der Waals surface area contributed by atoms with Gasteiger partial charge in [0.25, 0.3) is 0 Å². The number of aryl methyl sites for hydroxylation is 1. The molecule has 2 aromatic carbocycles. The number of rotatable bonds is 7. The number of aromatic nitrogens is 1. The highest BCUT2D eigenvalue weighted by molar-refractivity contribution is 5.90. The van der Waals surface area contributed by atoms with Gasteiger partial charge in [0.1, 0.15) is 11.3 Å². The van der Waals surface area contributed by atoms with Crippen LogP contribution in [0, 0.1) is 0 Å². The first-order valence-electron chi connectivity index (χ1n) is 11.4. The lowest BCUT2D eigenvalue weighted by Gasteiger charge is -2.36. The number of piperazine rings is 1. The first kappa shape index (κ1) is 20.6. The topological polar surface area (TPSA) is 61.7 Å². The van der Waals surface area contributed by atoms with Crippen molar-refractivity contribution in [2.45, 2.75) is 19.3 Å². The Morgan fingerprint density at radius 1 is 1.00 bits per heavy atom. The highest BCUT2D eigenvalue weighted by atomic mass is 16.5. The maximum Gasteiger partial charge on any atom is 0.338 e. The molecule has 0 bridgehead atoms. The van der Waals surface area contributed by atoms with Crippen LogP contribution in [0.1, 0.15) is 18.4 Å². The third kappa shape index (κ3) is 4.23. The van der Waals surface area contributed by atoms with Gasteiger partial charge >= 0.3 is 5.63 Å². The summed E-state index contributed by atoms with van der Waals surface area (Å²) in [5.74, 6) is 0.903. The van der Waals surface area contributed by atoms with Crippen molar-refractivity contribution < 1.29 is 9.15 Å². The Hall–Kier alpha value is -3.25. The Balaban J connectivity index is 1.14. The van der Waals surface area contributed by atoms with Gasteiger partial charge in [0, 0.05) is 54.7 Å². The van der Waals surface area contributed by atoms with Crippen molar-refractivity contribution in [1.29, 1.82) is 0 Å². The minimum absolute atomic E-state index is 0.281. The number of hydrogen-bond acceptors (Lipinski definition) is 5. The van der Waals surface area contributed by atoms with Gasteiger partial charge in [-0.2, -0.15) is 0 Å². The van der Waals surface area contributed by atoms with E-state index in [9.17, 15) is 4.79 Å². The fourth-order valence-electron chi connectivity index (χ4n) is 4.71. The van der Waals surface area contributed by atoms with Crippen LogP contribution in [-0.2, 0) is 6.42 Å². The van der Waals surface area contributed by atoms with Crippen LogP contribution in [0.4, 0.5) is 5.69 Å². The van der Waals surface area contributed by atoms with Crippen LogP contribution in [0.2, 0.25) is 0 Å². The fraction of sp³-hybridized carbons (Fsp3) is 0.346. The molecule has 6 heteroatoms. The first-order chi connectivity index (χ1) is 15.7. The van der Waals surface area contributed by atoms with E-state index in [1.165, 1.54) is 22.9 Å². The average Bonchev–Trinajstić information content (AvgIpc) is 3.23. The molecule has 32 heavy (non-hydrogen) atoms. The normalized spacial score (nSPS) is 15.0. The van der Waals surface area contributed by atoms with E-state index in [1.54, 1.807) is 13.2 Å². The summed E-state index contributed by atoms with van der Waals surface area (Å²) in [5.41, 5.74) is 3.90. The molecule has 1 aliphatic heterocycles. The van der Waals surface area contributed by atoms with Crippen molar-refractivity contribution >= 4 is 27.6 Å². The molecule has 0 spiro atoms. The number of nitrogens with one attached hydrogen (secondary N) is 1. The van der Waals surface area contributed by atoms with Crippen LogP contribution >= 0.6 is 0 Å². The van der Waals surface area contributed by atoms with E-state index in [0.29, 0.717) is 5.58 Å². The van der Waals surface area contributed by atoms with Crippen molar-refractivity contribution in [3.63, 3.8) is 0 Å². The van der Waals surface area contributed by atoms with Crippen LogP contribution in [-0.4, -0.2) is 49.7 Å². The van der Waals surface area contributed by atoms with E-state index < -0.39 is 0 Å². The number of fused-ring (bicyclic) bond motifs is 2.